The number of nitrogens with one attached hydrogen (secondary N) is 3. The molecule has 0 fully saturated rings. The Balaban J connectivity index is 1.48. The van der Waals surface area contributed by atoms with Crippen molar-refractivity contribution in [1.82, 2.24) is 10.7 Å². The number of rotatable bonds is 10. The van der Waals surface area contributed by atoms with E-state index in [2.05, 4.69) is 41.1 Å². The van der Waals surface area contributed by atoms with Gasteiger partial charge in [0.2, 0.25) is 5.91 Å². The summed E-state index contributed by atoms with van der Waals surface area (Å²) in [5.74, 6) is 0.795. The topological polar surface area (TPSA) is 95.0 Å². The molecule has 0 radical (unpaired) electrons. The summed E-state index contributed by atoms with van der Waals surface area (Å²) in [7, 11) is 0. The number of carbonyl (C=O) groups excluding carboxylic acids is 1. The Kier molecular flexibility index (Phi) is 7.88. The molecule has 7 nitrogen and oxygen atoms in total. The number of anilines is 1. The zero-order chi connectivity index (χ0) is 23.1. The quantitative estimate of drug-likeness (QED) is 0.427. The van der Waals surface area contributed by atoms with Crippen molar-refractivity contribution in [1.29, 1.82) is 0 Å². The van der Waals surface area contributed by atoms with E-state index in [1.807, 2.05) is 50.2 Å². The van der Waals surface area contributed by atoms with Gasteiger partial charge in [-0.15, -0.1) is 0 Å². The van der Waals surface area contributed by atoms with Gasteiger partial charge in [-0.05, 0) is 62.1 Å². The maximum atomic E-state index is 11.3. The van der Waals surface area contributed by atoms with Gasteiger partial charge in [-0.25, -0.2) is 5.43 Å². The first-order valence-corrected chi connectivity index (χ1v) is 11.2. The van der Waals surface area contributed by atoms with Gasteiger partial charge in [0.15, 0.2) is 0 Å². The standard InChI is InChI=1S/C25H34N4O3/c1-5-21-17(2)7-6-8-23(21)32-16-20(30)15-26-25(3,4)27-19-11-9-18(10-12-19)22-13-14-24(31)29-28-22/h6-12,20,26-27,30H,5,13-16H2,1-4H3,(H,29,31). The molecule has 32 heavy (non-hydrogen) atoms. The summed E-state index contributed by atoms with van der Waals surface area (Å²) in [5.41, 5.74) is 7.31. The smallest absolute Gasteiger partial charge is 0.240 e. The fraction of sp³-hybridized carbons (Fsp3) is 0.440. The van der Waals surface area contributed by atoms with Crippen LogP contribution in [0.5, 0.6) is 5.75 Å². The Labute approximate surface area is 190 Å². The van der Waals surface area contributed by atoms with Crippen LogP contribution in [0.2, 0.25) is 0 Å². The number of nitrogens with zero attached hydrogens (tertiary/aromatic N) is 1. The van der Waals surface area contributed by atoms with E-state index in [-0.39, 0.29) is 12.5 Å². The van der Waals surface area contributed by atoms with E-state index in [0.29, 0.717) is 19.4 Å². The van der Waals surface area contributed by atoms with Crippen LogP contribution in [-0.2, 0) is 11.2 Å². The van der Waals surface area contributed by atoms with Gasteiger partial charge in [0, 0.05) is 25.1 Å². The molecule has 0 spiro atoms. The number of hydrazone groups is 1. The molecule has 1 aliphatic heterocycles. The molecular weight excluding hydrogens is 404 g/mol. The van der Waals surface area contributed by atoms with Crippen LogP contribution in [0, 0.1) is 6.92 Å². The molecule has 0 aromatic heterocycles. The normalized spacial score (nSPS) is 15.0. The first kappa shape index (κ1) is 23.8. The maximum Gasteiger partial charge on any atom is 0.240 e. The maximum absolute atomic E-state index is 11.3. The van der Waals surface area contributed by atoms with Gasteiger partial charge >= 0.3 is 0 Å². The molecule has 1 heterocycles. The Bertz CT molecular complexity index is 954. The first-order valence-electron chi connectivity index (χ1n) is 11.2. The highest BCUT2D eigenvalue weighted by atomic mass is 16.5. The van der Waals surface area contributed by atoms with Crippen molar-refractivity contribution in [3.8, 4) is 5.75 Å². The van der Waals surface area contributed by atoms with Crippen LogP contribution >= 0.6 is 0 Å². The van der Waals surface area contributed by atoms with Crippen LogP contribution in [0.1, 0.15) is 50.3 Å². The molecule has 3 rings (SSSR count). The Morgan fingerprint density at radius 3 is 2.59 bits per heavy atom. The van der Waals surface area contributed by atoms with Gasteiger partial charge in [-0.2, -0.15) is 5.10 Å². The highest BCUT2D eigenvalue weighted by molar-refractivity contribution is 6.04. The second-order valence-corrected chi connectivity index (χ2v) is 8.67. The number of aliphatic hydroxyl groups is 1. The lowest BCUT2D eigenvalue weighted by molar-refractivity contribution is -0.121. The molecule has 172 valence electrons. The van der Waals surface area contributed by atoms with E-state index in [9.17, 15) is 9.90 Å². The number of aryl methyl sites for hydroxylation is 1. The van der Waals surface area contributed by atoms with Crippen molar-refractivity contribution in [2.75, 3.05) is 18.5 Å². The third-order valence-corrected chi connectivity index (χ3v) is 5.51. The SMILES string of the molecule is CCc1c(C)cccc1OCC(O)CNC(C)(C)Nc1ccc(C2=NNC(=O)CC2)cc1. The van der Waals surface area contributed by atoms with Crippen LogP contribution < -0.4 is 20.8 Å². The average molecular weight is 439 g/mol. The van der Waals surface area contributed by atoms with Crippen molar-refractivity contribution in [2.45, 2.75) is 58.7 Å². The van der Waals surface area contributed by atoms with E-state index in [1.165, 1.54) is 11.1 Å². The van der Waals surface area contributed by atoms with Crippen molar-refractivity contribution >= 4 is 17.3 Å². The van der Waals surface area contributed by atoms with Crippen molar-refractivity contribution in [3.63, 3.8) is 0 Å². The van der Waals surface area contributed by atoms with E-state index in [4.69, 9.17) is 4.74 Å². The van der Waals surface area contributed by atoms with Crippen LogP contribution in [0.4, 0.5) is 5.69 Å². The van der Waals surface area contributed by atoms with Crippen LogP contribution in [0.25, 0.3) is 0 Å². The summed E-state index contributed by atoms with van der Waals surface area (Å²) in [5, 5.41) is 21.3. The molecule has 0 saturated heterocycles. The van der Waals surface area contributed by atoms with Gasteiger partial charge in [-0.1, -0.05) is 31.2 Å². The molecule has 1 atom stereocenters. The van der Waals surface area contributed by atoms with Gasteiger partial charge in [0.05, 0.1) is 11.4 Å². The molecular formula is C25H34N4O3. The Hall–Kier alpha value is -2.90. The summed E-state index contributed by atoms with van der Waals surface area (Å²) in [6.45, 7) is 8.84. The highest BCUT2D eigenvalue weighted by Gasteiger charge is 2.19. The molecule has 0 aliphatic carbocycles. The minimum atomic E-state index is -0.636. The van der Waals surface area contributed by atoms with Gasteiger partial charge in [0.1, 0.15) is 18.5 Å². The number of carbonyl (C=O) groups is 1. The number of aliphatic hydroxyl groups excluding tert-OH is 1. The molecule has 0 bridgehead atoms. The third kappa shape index (κ3) is 6.55. The minimum Gasteiger partial charge on any atom is -0.491 e. The minimum absolute atomic E-state index is 0.0443. The second kappa shape index (κ2) is 10.6. The van der Waals surface area contributed by atoms with E-state index < -0.39 is 11.8 Å². The van der Waals surface area contributed by atoms with Gasteiger partial charge < -0.3 is 15.2 Å². The lowest BCUT2D eigenvalue weighted by atomic mass is 10.0. The van der Waals surface area contributed by atoms with Crippen LogP contribution in [-0.4, -0.2) is 41.6 Å². The van der Waals surface area contributed by atoms with E-state index >= 15 is 0 Å². The van der Waals surface area contributed by atoms with Crippen molar-refractivity contribution in [3.05, 3.63) is 59.2 Å². The summed E-state index contributed by atoms with van der Waals surface area (Å²) in [6.07, 6.45) is 1.37. The largest absolute Gasteiger partial charge is 0.491 e. The summed E-state index contributed by atoms with van der Waals surface area (Å²) in [6, 6.07) is 14.0. The van der Waals surface area contributed by atoms with Gasteiger partial charge in [-0.3, -0.25) is 10.1 Å². The monoisotopic (exact) mass is 438 g/mol. The van der Waals surface area contributed by atoms with Crippen molar-refractivity contribution < 1.29 is 14.6 Å². The molecule has 1 unspecified atom stereocenters. The number of amides is 1. The summed E-state index contributed by atoms with van der Waals surface area (Å²) >= 11 is 0. The fourth-order valence-corrected chi connectivity index (χ4v) is 3.71. The predicted molar refractivity (Wildman–Crippen MR) is 128 cm³/mol. The lowest BCUT2D eigenvalue weighted by Gasteiger charge is -2.30. The summed E-state index contributed by atoms with van der Waals surface area (Å²) in [4.78, 5) is 11.3. The van der Waals surface area contributed by atoms with E-state index in [0.717, 1.165) is 29.1 Å². The first-order chi connectivity index (χ1) is 15.3. The Morgan fingerprint density at radius 2 is 1.94 bits per heavy atom. The molecule has 4 N–H and O–H groups in total. The molecule has 7 heteroatoms. The number of ether oxygens (including phenoxy) is 1. The van der Waals surface area contributed by atoms with Crippen molar-refractivity contribution in [2.24, 2.45) is 5.10 Å². The zero-order valence-corrected chi connectivity index (χ0v) is 19.4. The predicted octanol–water partition coefficient (Wildman–Crippen LogP) is 3.35. The highest BCUT2D eigenvalue weighted by Crippen LogP contribution is 2.23. The average Bonchev–Trinajstić information content (AvgIpc) is 2.77. The third-order valence-electron chi connectivity index (χ3n) is 5.51. The molecule has 2 aromatic rings. The van der Waals surface area contributed by atoms with Crippen LogP contribution in [0.3, 0.4) is 0 Å². The number of hydrogen-bond donors (Lipinski definition) is 4. The van der Waals surface area contributed by atoms with Crippen LogP contribution in [0.15, 0.2) is 47.6 Å². The number of benzene rings is 2. The Morgan fingerprint density at radius 1 is 1.19 bits per heavy atom. The van der Waals surface area contributed by atoms with E-state index in [1.54, 1.807) is 0 Å². The molecule has 1 aliphatic rings. The summed E-state index contributed by atoms with van der Waals surface area (Å²) < 4.78 is 5.88. The second-order valence-electron chi connectivity index (χ2n) is 8.67. The fourth-order valence-electron chi connectivity index (χ4n) is 3.71. The lowest BCUT2D eigenvalue weighted by Crippen LogP contribution is -2.50. The zero-order valence-electron chi connectivity index (χ0n) is 19.4. The molecule has 1 amide bonds. The van der Waals surface area contributed by atoms with Gasteiger partial charge in [0.25, 0.3) is 0 Å². The molecule has 2 aromatic carbocycles. The number of hydrogen-bond acceptors (Lipinski definition) is 6. The molecule has 0 saturated carbocycles.